The number of carbonyl (C=O) groups is 1. The van der Waals surface area contributed by atoms with E-state index in [9.17, 15) is 4.79 Å². The molecular weight excluding hydrogens is 333 g/mol. The number of hydrogen-bond acceptors (Lipinski definition) is 2. The molecule has 1 amide bonds. The van der Waals surface area contributed by atoms with Gasteiger partial charge in [-0.25, -0.2) is 0 Å². The molecule has 0 aliphatic heterocycles. The van der Waals surface area contributed by atoms with Crippen LogP contribution in [-0.4, -0.2) is 12.0 Å². The molecule has 0 aliphatic carbocycles. The van der Waals surface area contributed by atoms with Gasteiger partial charge in [0.25, 0.3) is 5.91 Å². The smallest absolute Gasteiger partial charge is 0.265 e. The second-order valence-electron chi connectivity index (χ2n) is 5.58. The summed E-state index contributed by atoms with van der Waals surface area (Å²) in [6.07, 6.45) is -0.643. The summed E-state index contributed by atoms with van der Waals surface area (Å²) in [5.41, 5.74) is 3.43. The van der Waals surface area contributed by atoms with E-state index in [0.717, 1.165) is 16.7 Å². The number of halogens is 2. The molecule has 1 N–H and O–H groups in total. The third-order valence-electron chi connectivity index (χ3n) is 3.53. The summed E-state index contributed by atoms with van der Waals surface area (Å²) in [5, 5.41) is 4.12. The summed E-state index contributed by atoms with van der Waals surface area (Å²) in [6.45, 7) is 7.41. The van der Waals surface area contributed by atoms with E-state index >= 15 is 0 Å². The van der Waals surface area contributed by atoms with Gasteiger partial charge in [-0.1, -0.05) is 29.3 Å². The van der Waals surface area contributed by atoms with E-state index in [2.05, 4.69) is 5.32 Å². The summed E-state index contributed by atoms with van der Waals surface area (Å²) >= 11 is 12.2. The first-order chi connectivity index (χ1) is 10.8. The van der Waals surface area contributed by atoms with Gasteiger partial charge in [-0.15, -0.1) is 0 Å². The van der Waals surface area contributed by atoms with Crippen LogP contribution in [-0.2, 0) is 4.79 Å². The molecule has 0 fully saturated rings. The second-order valence-corrected chi connectivity index (χ2v) is 6.37. The van der Waals surface area contributed by atoms with Crippen LogP contribution in [0.1, 0.15) is 23.6 Å². The number of amides is 1. The molecule has 3 nitrogen and oxygen atoms in total. The topological polar surface area (TPSA) is 38.3 Å². The third-order valence-corrected chi connectivity index (χ3v) is 4.53. The van der Waals surface area contributed by atoms with Crippen LogP contribution >= 0.6 is 23.2 Å². The zero-order chi connectivity index (χ0) is 17.1. The van der Waals surface area contributed by atoms with Crippen molar-refractivity contribution in [3.05, 3.63) is 57.1 Å². The first-order valence-electron chi connectivity index (χ1n) is 7.28. The molecule has 0 spiro atoms. The molecule has 2 rings (SSSR count). The van der Waals surface area contributed by atoms with Crippen LogP contribution in [0.3, 0.4) is 0 Å². The molecule has 0 aromatic heterocycles. The van der Waals surface area contributed by atoms with Crippen molar-refractivity contribution in [1.82, 2.24) is 0 Å². The lowest BCUT2D eigenvalue weighted by Crippen LogP contribution is -2.30. The lowest BCUT2D eigenvalue weighted by atomic mass is 10.1. The summed E-state index contributed by atoms with van der Waals surface area (Å²) in [6, 6.07) is 9.03. The molecule has 2 aromatic rings. The zero-order valence-electron chi connectivity index (χ0n) is 13.5. The molecule has 0 aliphatic rings. The molecule has 0 unspecified atom stereocenters. The first kappa shape index (κ1) is 17.6. The molecule has 122 valence electrons. The first-order valence-corrected chi connectivity index (χ1v) is 8.04. The van der Waals surface area contributed by atoms with Gasteiger partial charge >= 0.3 is 0 Å². The van der Waals surface area contributed by atoms with Crippen LogP contribution in [0.15, 0.2) is 30.3 Å². The predicted molar refractivity (Wildman–Crippen MR) is 95.8 cm³/mol. The number of nitrogens with one attached hydrogen (secondary N) is 1. The number of carbonyl (C=O) groups excluding carboxylic acids is 1. The molecule has 1 atom stereocenters. The minimum Gasteiger partial charge on any atom is -0.481 e. The fourth-order valence-electron chi connectivity index (χ4n) is 2.15. The van der Waals surface area contributed by atoms with Crippen molar-refractivity contribution < 1.29 is 9.53 Å². The highest BCUT2D eigenvalue weighted by molar-refractivity contribution is 6.32. The zero-order valence-corrected chi connectivity index (χ0v) is 15.0. The van der Waals surface area contributed by atoms with E-state index in [1.54, 1.807) is 13.0 Å². The highest BCUT2D eigenvalue weighted by atomic mass is 35.5. The van der Waals surface area contributed by atoms with Crippen molar-refractivity contribution >= 4 is 34.8 Å². The Balaban J connectivity index is 2.06. The Bertz CT molecular complexity index is 721. The Hall–Kier alpha value is -1.71. The Morgan fingerprint density at radius 1 is 1.04 bits per heavy atom. The maximum absolute atomic E-state index is 12.2. The van der Waals surface area contributed by atoms with E-state index in [0.29, 0.717) is 21.5 Å². The normalized spacial score (nSPS) is 11.9. The lowest BCUT2D eigenvalue weighted by Gasteiger charge is -2.16. The number of anilines is 1. The highest BCUT2D eigenvalue weighted by Gasteiger charge is 2.16. The average molecular weight is 352 g/mol. The van der Waals surface area contributed by atoms with Gasteiger partial charge in [0.15, 0.2) is 6.10 Å². The van der Waals surface area contributed by atoms with Crippen molar-refractivity contribution in [3.63, 3.8) is 0 Å². The number of hydrogen-bond donors (Lipinski definition) is 1. The molecular formula is C18H19Cl2NO2. The van der Waals surface area contributed by atoms with Crippen LogP contribution in [0, 0.1) is 20.8 Å². The summed E-state index contributed by atoms with van der Waals surface area (Å²) in [4.78, 5) is 12.2. The Kier molecular flexibility index (Phi) is 5.55. The number of aryl methyl sites for hydroxylation is 3. The molecule has 2 aromatic carbocycles. The average Bonchev–Trinajstić information content (AvgIpc) is 2.48. The van der Waals surface area contributed by atoms with Crippen LogP contribution in [0.2, 0.25) is 10.0 Å². The Morgan fingerprint density at radius 3 is 2.22 bits per heavy atom. The summed E-state index contributed by atoms with van der Waals surface area (Å²) in [7, 11) is 0. The van der Waals surface area contributed by atoms with Crippen LogP contribution in [0.4, 0.5) is 5.69 Å². The third kappa shape index (κ3) is 4.40. The summed E-state index contributed by atoms with van der Waals surface area (Å²) in [5.74, 6) is 0.379. The van der Waals surface area contributed by atoms with Crippen molar-refractivity contribution in [3.8, 4) is 5.75 Å². The molecule has 0 saturated carbocycles. The second kappa shape index (κ2) is 7.24. The highest BCUT2D eigenvalue weighted by Crippen LogP contribution is 2.26. The molecule has 0 saturated heterocycles. The monoisotopic (exact) mass is 351 g/mol. The minimum absolute atomic E-state index is 0.241. The fourth-order valence-corrected chi connectivity index (χ4v) is 2.44. The van der Waals surface area contributed by atoms with Gasteiger partial charge in [-0.2, -0.15) is 0 Å². The van der Waals surface area contributed by atoms with Gasteiger partial charge in [-0.3, -0.25) is 4.79 Å². The van der Waals surface area contributed by atoms with E-state index in [1.165, 1.54) is 0 Å². The van der Waals surface area contributed by atoms with Gasteiger partial charge in [0, 0.05) is 15.7 Å². The molecule has 0 heterocycles. The fraction of sp³-hybridized carbons (Fsp3) is 0.278. The van der Waals surface area contributed by atoms with E-state index in [-0.39, 0.29) is 5.91 Å². The van der Waals surface area contributed by atoms with Crippen LogP contribution < -0.4 is 10.1 Å². The van der Waals surface area contributed by atoms with Crippen molar-refractivity contribution in [2.75, 3.05) is 5.32 Å². The van der Waals surface area contributed by atoms with Gasteiger partial charge in [-0.05, 0) is 68.7 Å². The standard InChI is InChI=1S/C18H19Cl2NO2/c1-10-5-6-14(9-16(10)19)21-18(22)13(4)23-15-7-11(2)17(20)12(3)8-15/h5-9,13H,1-4H3,(H,21,22)/t13-/m1/s1. The van der Waals surface area contributed by atoms with Crippen molar-refractivity contribution in [1.29, 1.82) is 0 Å². The van der Waals surface area contributed by atoms with Crippen LogP contribution in [0.5, 0.6) is 5.75 Å². The minimum atomic E-state index is -0.643. The maximum Gasteiger partial charge on any atom is 0.265 e. The number of rotatable bonds is 4. The van der Waals surface area contributed by atoms with E-state index < -0.39 is 6.10 Å². The lowest BCUT2D eigenvalue weighted by molar-refractivity contribution is -0.122. The maximum atomic E-state index is 12.2. The van der Waals surface area contributed by atoms with Gasteiger partial charge in [0.2, 0.25) is 0 Å². The molecule has 5 heteroatoms. The van der Waals surface area contributed by atoms with Crippen LogP contribution in [0.25, 0.3) is 0 Å². The number of benzene rings is 2. The SMILES string of the molecule is Cc1ccc(NC(=O)[C@@H](C)Oc2cc(C)c(Cl)c(C)c2)cc1Cl. The Morgan fingerprint density at radius 2 is 1.65 bits per heavy atom. The van der Waals surface area contributed by atoms with Gasteiger partial charge in [0.1, 0.15) is 5.75 Å². The van der Waals surface area contributed by atoms with E-state index in [4.69, 9.17) is 27.9 Å². The van der Waals surface area contributed by atoms with Gasteiger partial charge in [0.05, 0.1) is 0 Å². The van der Waals surface area contributed by atoms with Crippen molar-refractivity contribution in [2.45, 2.75) is 33.8 Å². The Labute approximate surface area is 146 Å². The van der Waals surface area contributed by atoms with E-state index in [1.807, 2.05) is 45.0 Å². The van der Waals surface area contributed by atoms with Gasteiger partial charge < -0.3 is 10.1 Å². The number of ether oxygens (including phenoxy) is 1. The molecule has 23 heavy (non-hydrogen) atoms. The quantitative estimate of drug-likeness (QED) is 0.808. The molecule has 0 bridgehead atoms. The van der Waals surface area contributed by atoms with Crippen molar-refractivity contribution in [2.24, 2.45) is 0 Å². The predicted octanol–water partition coefficient (Wildman–Crippen LogP) is 5.32. The summed E-state index contributed by atoms with van der Waals surface area (Å²) < 4.78 is 5.72. The molecule has 0 radical (unpaired) electrons. The largest absolute Gasteiger partial charge is 0.481 e.